The van der Waals surface area contributed by atoms with Gasteiger partial charge >= 0.3 is 5.97 Å². The standard InChI is InChI=1S/C18H26N4O5/c1-10(19)17(24)22-7-5-12(6-8-22)15(18(25)26-2)20-16(23)13-9-14(27-21-13)11-3-4-11/h9-12,15H,3-8,19H2,1-2H3,(H,20,23)/t10-,15?/m0/s1. The van der Waals surface area contributed by atoms with Crippen molar-refractivity contribution in [2.75, 3.05) is 20.2 Å². The van der Waals surface area contributed by atoms with Crippen molar-refractivity contribution in [1.29, 1.82) is 0 Å². The third kappa shape index (κ3) is 4.47. The number of esters is 1. The Bertz CT molecular complexity index is 704. The van der Waals surface area contributed by atoms with E-state index < -0.39 is 24.0 Å². The lowest BCUT2D eigenvalue weighted by molar-refractivity contribution is -0.145. The third-order valence-corrected chi connectivity index (χ3v) is 5.19. The molecule has 2 atom stereocenters. The molecular weight excluding hydrogens is 352 g/mol. The van der Waals surface area contributed by atoms with Gasteiger partial charge in [-0.2, -0.15) is 0 Å². The van der Waals surface area contributed by atoms with Crippen LogP contribution in [-0.4, -0.2) is 60.1 Å². The second-order valence-corrected chi connectivity index (χ2v) is 7.31. The molecule has 0 aromatic carbocycles. The van der Waals surface area contributed by atoms with Crippen LogP contribution in [-0.2, 0) is 14.3 Å². The van der Waals surface area contributed by atoms with E-state index in [9.17, 15) is 14.4 Å². The molecule has 0 radical (unpaired) electrons. The van der Waals surface area contributed by atoms with Gasteiger partial charge in [-0.25, -0.2) is 4.79 Å². The number of hydrogen-bond acceptors (Lipinski definition) is 7. The van der Waals surface area contributed by atoms with Crippen LogP contribution in [0.2, 0.25) is 0 Å². The molecule has 1 saturated carbocycles. The molecule has 2 aliphatic rings. The summed E-state index contributed by atoms with van der Waals surface area (Å²) in [4.78, 5) is 38.5. The maximum Gasteiger partial charge on any atom is 0.328 e. The van der Waals surface area contributed by atoms with Gasteiger partial charge in [0.25, 0.3) is 5.91 Å². The molecule has 9 nitrogen and oxygen atoms in total. The number of aromatic nitrogens is 1. The number of piperidine rings is 1. The first-order chi connectivity index (χ1) is 12.9. The summed E-state index contributed by atoms with van der Waals surface area (Å²) in [6, 6.07) is 0.284. The van der Waals surface area contributed by atoms with E-state index in [1.54, 1.807) is 17.9 Å². The molecule has 1 aliphatic heterocycles. The second kappa shape index (κ2) is 8.08. The lowest BCUT2D eigenvalue weighted by atomic mass is 9.89. The number of ether oxygens (including phenoxy) is 1. The summed E-state index contributed by atoms with van der Waals surface area (Å²) >= 11 is 0. The van der Waals surface area contributed by atoms with Crippen molar-refractivity contribution in [2.24, 2.45) is 11.7 Å². The van der Waals surface area contributed by atoms with E-state index in [1.807, 2.05) is 0 Å². The van der Waals surface area contributed by atoms with Gasteiger partial charge in [-0.1, -0.05) is 5.16 Å². The van der Waals surface area contributed by atoms with Gasteiger partial charge in [0.2, 0.25) is 5.91 Å². The molecule has 1 aromatic rings. The van der Waals surface area contributed by atoms with Gasteiger partial charge in [-0.05, 0) is 38.5 Å². The number of methoxy groups -OCH3 is 1. The van der Waals surface area contributed by atoms with E-state index >= 15 is 0 Å². The number of nitrogens with two attached hydrogens (primary N) is 1. The van der Waals surface area contributed by atoms with Crippen LogP contribution in [0.4, 0.5) is 0 Å². The van der Waals surface area contributed by atoms with E-state index in [4.69, 9.17) is 15.0 Å². The van der Waals surface area contributed by atoms with Crippen LogP contribution >= 0.6 is 0 Å². The molecule has 9 heteroatoms. The van der Waals surface area contributed by atoms with Crippen LogP contribution in [0.15, 0.2) is 10.6 Å². The highest BCUT2D eigenvalue weighted by Crippen LogP contribution is 2.40. The molecule has 2 heterocycles. The Morgan fingerprint density at radius 3 is 2.52 bits per heavy atom. The van der Waals surface area contributed by atoms with E-state index in [0.29, 0.717) is 37.6 Å². The fourth-order valence-electron chi connectivity index (χ4n) is 3.41. The van der Waals surface area contributed by atoms with Crippen LogP contribution in [0, 0.1) is 5.92 Å². The van der Waals surface area contributed by atoms with Gasteiger partial charge in [0, 0.05) is 25.1 Å². The van der Waals surface area contributed by atoms with Crippen molar-refractivity contribution in [1.82, 2.24) is 15.4 Å². The summed E-state index contributed by atoms with van der Waals surface area (Å²) in [6.07, 6.45) is 3.23. The molecule has 1 aliphatic carbocycles. The predicted molar refractivity (Wildman–Crippen MR) is 94.7 cm³/mol. The number of amides is 2. The Kier molecular flexibility index (Phi) is 5.79. The Labute approximate surface area is 157 Å². The predicted octanol–water partition coefficient (Wildman–Crippen LogP) is 0.409. The number of nitrogens with one attached hydrogen (secondary N) is 1. The smallest absolute Gasteiger partial charge is 0.328 e. The quantitative estimate of drug-likeness (QED) is 0.686. The zero-order chi connectivity index (χ0) is 19.6. The van der Waals surface area contributed by atoms with Crippen LogP contribution in [0.3, 0.4) is 0 Å². The first-order valence-corrected chi connectivity index (χ1v) is 9.30. The van der Waals surface area contributed by atoms with E-state index in [-0.39, 0.29) is 17.5 Å². The maximum absolute atomic E-state index is 12.5. The van der Waals surface area contributed by atoms with Crippen molar-refractivity contribution in [2.45, 2.75) is 50.6 Å². The maximum atomic E-state index is 12.5. The zero-order valence-corrected chi connectivity index (χ0v) is 15.6. The lowest BCUT2D eigenvalue weighted by Gasteiger charge is -2.35. The van der Waals surface area contributed by atoms with Crippen molar-refractivity contribution in [3.8, 4) is 0 Å². The van der Waals surface area contributed by atoms with Crippen LogP contribution in [0.1, 0.15) is 54.8 Å². The molecule has 148 valence electrons. The van der Waals surface area contributed by atoms with Crippen molar-refractivity contribution in [3.63, 3.8) is 0 Å². The number of carbonyl (C=O) groups is 3. The minimum absolute atomic E-state index is 0.109. The highest BCUT2D eigenvalue weighted by Gasteiger charge is 2.36. The molecule has 1 unspecified atom stereocenters. The largest absolute Gasteiger partial charge is 0.467 e. The van der Waals surface area contributed by atoms with Gasteiger partial charge in [-0.15, -0.1) is 0 Å². The van der Waals surface area contributed by atoms with Crippen LogP contribution in [0.25, 0.3) is 0 Å². The Morgan fingerprint density at radius 1 is 1.30 bits per heavy atom. The first-order valence-electron chi connectivity index (χ1n) is 9.30. The van der Waals surface area contributed by atoms with Crippen molar-refractivity contribution < 1.29 is 23.6 Å². The average molecular weight is 378 g/mol. The third-order valence-electron chi connectivity index (χ3n) is 5.19. The van der Waals surface area contributed by atoms with Gasteiger partial charge in [-0.3, -0.25) is 9.59 Å². The number of likely N-dealkylation sites (tertiary alicyclic amines) is 1. The highest BCUT2D eigenvalue weighted by molar-refractivity contribution is 5.95. The summed E-state index contributed by atoms with van der Waals surface area (Å²) in [5.74, 6) is -0.156. The van der Waals surface area contributed by atoms with Crippen molar-refractivity contribution >= 4 is 17.8 Å². The molecule has 27 heavy (non-hydrogen) atoms. The summed E-state index contributed by atoms with van der Waals surface area (Å²) < 4.78 is 10.1. The zero-order valence-electron chi connectivity index (χ0n) is 15.6. The van der Waals surface area contributed by atoms with Crippen molar-refractivity contribution in [3.05, 3.63) is 17.5 Å². The summed E-state index contributed by atoms with van der Waals surface area (Å²) in [5, 5.41) is 6.54. The molecule has 0 bridgehead atoms. The minimum Gasteiger partial charge on any atom is -0.467 e. The average Bonchev–Trinajstić information content (AvgIpc) is 3.41. The number of rotatable bonds is 6. The molecule has 3 N–H and O–H groups in total. The molecule has 1 aromatic heterocycles. The summed E-state index contributed by atoms with van der Waals surface area (Å²) in [7, 11) is 1.29. The molecule has 3 rings (SSSR count). The highest BCUT2D eigenvalue weighted by atomic mass is 16.5. The summed E-state index contributed by atoms with van der Waals surface area (Å²) in [5.41, 5.74) is 5.81. The monoisotopic (exact) mass is 378 g/mol. The topological polar surface area (TPSA) is 128 Å². The fraction of sp³-hybridized carbons (Fsp3) is 0.667. The first kappa shape index (κ1) is 19.3. The summed E-state index contributed by atoms with van der Waals surface area (Å²) in [6.45, 7) is 2.63. The van der Waals surface area contributed by atoms with E-state index in [2.05, 4.69) is 10.5 Å². The van der Waals surface area contributed by atoms with E-state index in [0.717, 1.165) is 12.8 Å². The lowest BCUT2D eigenvalue weighted by Crippen LogP contribution is -2.52. The Hall–Kier alpha value is -2.42. The van der Waals surface area contributed by atoms with Crippen LogP contribution in [0.5, 0.6) is 0 Å². The normalized spacial score (nSPS) is 20.0. The number of hydrogen-bond donors (Lipinski definition) is 2. The molecule has 0 spiro atoms. The van der Waals surface area contributed by atoms with Gasteiger partial charge < -0.3 is 25.2 Å². The Balaban J connectivity index is 1.62. The number of nitrogens with zero attached hydrogens (tertiary/aromatic N) is 2. The SMILES string of the molecule is COC(=O)C(NC(=O)c1cc(C2CC2)on1)C1CCN(C(=O)[C@H](C)N)CC1. The van der Waals surface area contributed by atoms with Crippen LogP contribution < -0.4 is 11.1 Å². The van der Waals surface area contributed by atoms with Gasteiger partial charge in [0.15, 0.2) is 5.69 Å². The van der Waals surface area contributed by atoms with Gasteiger partial charge in [0.1, 0.15) is 11.8 Å². The Morgan fingerprint density at radius 2 is 1.96 bits per heavy atom. The van der Waals surface area contributed by atoms with E-state index in [1.165, 1.54) is 7.11 Å². The molecule has 2 amide bonds. The molecule has 1 saturated heterocycles. The fourth-order valence-corrected chi connectivity index (χ4v) is 3.41. The number of carbonyl (C=O) groups excluding carboxylic acids is 3. The minimum atomic E-state index is -0.795. The second-order valence-electron chi connectivity index (χ2n) is 7.31. The molecule has 2 fully saturated rings. The molecular formula is C18H26N4O5. The van der Waals surface area contributed by atoms with Gasteiger partial charge in [0.05, 0.1) is 13.2 Å².